The van der Waals surface area contributed by atoms with Crippen LogP contribution < -0.4 is 25.3 Å². The van der Waals surface area contributed by atoms with Gasteiger partial charge in [-0.3, -0.25) is 9.59 Å². The minimum absolute atomic E-state index is 0.0792. The first-order chi connectivity index (χ1) is 13.5. The number of nitrogens with two attached hydrogens (primary N) is 1. The van der Waals surface area contributed by atoms with Crippen LogP contribution in [0.5, 0.6) is 17.2 Å². The van der Waals surface area contributed by atoms with E-state index in [-0.39, 0.29) is 25.5 Å². The molecule has 0 saturated heterocycles. The number of carbonyl (C=O) groups is 2. The van der Waals surface area contributed by atoms with Crippen molar-refractivity contribution in [2.45, 2.75) is 6.42 Å². The third-order valence-corrected chi connectivity index (χ3v) is 3.76. The molecule has 0 saturated carbocycles. The van der Waals surface area contributed by atoms with Crippen LogP contribution in [-0.4, -0.2) is 39.2 Å². The Morgan fingerprint density at radius 1 is 1.00 bits per heavy atom. The van der Waals surface area contributed by atoms with Crippen LogP contribution in [0, 0.1) is 11.8 Å². The summed E-state index contributed by atoms with van der Waals surface area (Å²) in [6.07, 6.45) is 0.199. The molecule has 0 atom stereocenters. The maximum Gasteiger partial charge on any atom is 0.252 e. The number of para-hydroxylation sites is 1. The molecule has 7 nitrogen and oxygen atoms in total. The lowest BCUT2D eigenvalue weighted by atomic mass is 10.1. The zero-order valence-electron chi connectivity index (χ0n) is 15.8. The Bertz CT molecular complexity index is 899. The smallest absolute Gasteiger partial charge is 0.252 e. The average molecular weight is 382 g/mol. The highest BCUT2D eigenvalue weighted by Gasteiger charge is 2.08. The number of hydrogen-bond acceptors (Lipinski definition) is 5. The molecule has 0 fully saturated rings. The lowest BCUT2D eigenvalue weighted by Crippen LogP contribution is -2.25. The van der Waals surface area contributed by atoms with E-state index in [1.165, 1.54) is 0 Å². The summed E-state index contributed by atoms with van der Waals surface area (Å²) in [5.74, 6) is 6.40. The molecular formula is C21H22N2O5. The van der Waals surface area contributed by atoms with E-state index in [2.05, 4.69) is 17.2 Å². The van der Waals surface area contributed by atoms with Crippen LogP contribution in [0.1, 0.15) is 15.9 Å². The summed E-state index contributed by atoms with van der Waals surface area (Å²) in [6.45, 7) is 0.267. The molecule has 0 aromatic heterocycles. The van der Waals surface area contributed by atoms with Gasteiger partial charge < -0.3 is 25.3 Å². The Hall–Kier alpha value is -3.66. The van der Waals surface area contributed by atoms with Crippen LogP contribution in [0.25, 0.3) is 0 Å². The van der Waals surface area contributed by atoms with Crippen molar-refractivity contribution in [3.63, 3.8) is 0 Å². The van der Waals surface area contributed by atoms with Crippen molar-refractivity contribution in [2.24, 2.45) is 5.73 Å². The number of hydrogen-bond donors (Lipinski definition) is 2. The number of rotatable bonds is 8. The molecule has 0 aliphatic rings. The molecule has 0 bridgehead atoms. The standard InChI is InChI=1S/C21H22N2O5/c1-26-18-10-9-15(13-19(18)27-2)14-20(24)23-11-5-6-12-28-17-8-4-3-7-16(17)21(22)25/h3-4,7-10,13H,11-12,14H2,1-2H3,(H2,22,25)(H,23,24). The summed E-state index contributed by atoms with van der Waals surface area (Å²) in [6, 6.07) is 12.0. The van der Waals surface area contributed by atoms with E-state index in [9.17, 15) is 9.59 Å². The number of carbonyl (C=O) groups excluding carboxylic acids is 2. The summed E-state index contributed by atoms with van der Waals surface area (Å²) in [4.78, 5) is 23.3. The zero-order chi connectivity index (χ0) is 20.4. The number of methoxy groups -OCH3 is 2. The molecule has 2 aromatic rings. The van der Waals surface area contributed by atoms with Gasteiger partial charge in [-0.15, -0.1) is 0 Å². The fourth-order valence-electron chi connectivity index (χ4n) is 2.40. The van der Waals surface area contributed by atoms with Crippen molar-refractivity contribution in [3.05, 3.63) is 53.6 Å². The highest BCUT2D eigenvalue weighted by molar-refractivity contribution is 5.95. The Kier molecular flexibility index (Phi) is 7.73. The van der Waals surface area contributed by atoms with E-state index in [1.54, 1.807) is 56.7 Å². The zero-order valence-corrected chi connectivity index (χ0v) is 15.8. The van der Waals surface area contributed by atoms with Crippen molar-refractivity contribution in [1.82, 2.24) is 5.32 Å². The van der Waals surface area contributed by atoms with Gasteiger partial charge in [0.25, 0.3) is 5.91 Å². The number of nitrogens with one attached hydrogen (secondary N) is 1. The second kappa shape index (κ2) is 10.5. The normalized spacial score (nSPS) is 9.64. The lowest BCUT2D eigenvalue weighted by molar-refractivity contribution is -0.120. The van der Waals surface area contributed by atoms with E-state index >= 15 is 0 Å². The molecule has 0 aliphatic carbocycles. The molecule has 3 N–H and O–H groups in total. The van der Waals surface area contributed by atoms with Crippen molar-refractivity contribution in [3.8, 4) is 29.1 Å². The number of ether oxygens (including phenoxy) is 3. The first kappa shape index (κ1) is 20.6. The van der Waals surface area contributed by atoms with E-state index < -0.39 is 5.91 Å². The number of benzene rings is 2. The van der Waals surface area contributed by atoms with E-state index in [0.717, 1.165) is 5.56 Å². The molecule has 0 aliphatic heterocycles. The summed E-state index contributed by atoms with van der Waals surface area (Å²) in [5, 5.41) is 2.71. The van der Waals surface area contributed by atoms with Crippen LogP contribution in [0.4, 0.5) is 0 Å². The largest absolute Gasteiger partial charge is 0.493 e. The van der Waals surface area contributed by atoms with Gasteiger partial charge in [-0.25, -0.2) is 0 Å². The third-order valence-electron chi connectivity index (χ3n) is 3.76. The summed E-state index contributed by atoms with van der Waals surface area (Å²) >= 11 is 0. The van der Waals surface area contributed by atoms with Crippen molar-refractivity contribution < 1.29 is 23.8 Å². The van der Waals surface area contributed by atoms with Crippen LogP contribution in [0.2, 0.25) is 0 Å². The molecule has 0 spiro atoms. The van der Waals surface area contributed by atoms with E-state index in [0.29, 0.717) is 22.8 Å². The van der Waals surface area contributed by atoms with Crippen molar-refractivity contribution in [2.75, 3.05) is 27.4 Å². The van der Waals surface area contributed by atoms with Gasteiger partial charge in [0.05, 0.1) is 32.7 Å². The van der Waals surface area contributed by atoms with E-state index in [1.807, 2.05) is 0 Å². The predicted octanol–water partition coefficient (Wildman–Crippen LogP) is 1.54. The van der Waals surface area contributed by atoms with Crippen LogP contribution in [-0.2, 0) is 11.2 Å². The van der Waals surface area contributed by atoms with Gasteiger partial charge in [0.15, 0.2) is 11.5 Å². The predicted molar refractivity (Wildman–Crippen MR) is 104 cm³/mol. The molecule has 0 radical (unpaired) electrons. The highest BCUT2D eigenvalue weighted by Crippen LogP contribution is 2.27. The van der Waals surface area contributed by atoms with E-state index in [4.69, 9.17) is 19.9 Å². The second-order valence-electron chi connectivity index (χ2n) is 5.65. The molecule has 146 valence electrons. The minimum atomic E-state index is -0.564. The van der Waals surface area contributed by atoms with Gasteiger partial charge in [-0.05, 0) is 29.8 Å². The van der Waals surface area contributed by atoms with Gasteiger partial charge in [-0.1, -0.05) is 30.0 Å². The van der Waals surface area contributed by atoms with Gasteiger partial charge in [0.2, 0.25) is 5.91 Å². The Morgan fingerprint density at radius 3 is 2.46 bits per heavy atom. The molecule has 28 heavy (non-hydrogen) atoms. The van der Waals surface area contributed by atoms with Crippen molar-refractivity contribution in [1.29, 1.82) is 0 Å². The molecule has 2 rings (SSSR count). The minimum Gasteiger partial charge on any atom is -0.493 e. The molecule has 0 heterocycles. The third kappa shape index (κ3) is 5.95. The quantitative estimate of drug-likeness (QED) is 0.675. The topological polar surface area (TPSA) is 99.9 Å². The maximum absolute atomic E-state index is 12.0. The fraction of sp³-hybridized carbons (Fsp3) is 0.238. The second-order valence-corrected chi connectivity index (χ2v) is 5.65. The number of primary amides is 1. The average Bonchev–Trinajstić information content (AvgIpc) is 2.70. The number of amides is 2. The molecule has 2 aromatic carbocycles. The monoisotopic (exact) mass is 382 g/mol. The van der Waals surface area contributed by atoms with Gasteiger partial charge in [0, 0.05) is 0 Å². The highest BCUT2D eigenvalue weighted by atomic mass is 16.5. The summed E-state index contributed by atoms with van der Waals surface area (Å²) in [7, 11) is 3.10. The SMILES string of the molecule is COc1ccc(CC(=O)NCC#CCOc2ccccc2C(N)=O)cc1OC. The van der Waals surface area contributed by atoms with Crippen LogP contribution >= 0.6 is 0 Å². The Balaban J connectivity index is 1.78. The molecular weight excluding hydrogens is 360 g/mol. The van der Waals surface area contributed by atoms with Gasteiger partial charge >= 0.3 is 0 Å². The van der Waals surface area contributed by atoms with Gasteiger partial charge in [-0.2, -0.15) is 0 Å². The molecule has 7 heteroatoms. The maximum atomic E-state index is 12.0. The Labute approximate surface area is 163 Å². The summed E-state index contributed by atoms with van der Waals surface area (Å²) in [5.41, 5.74) is 6.38. The van der Waals surface area contributed by atoms with Gasteiger partial charge in [0.1, 0.15) is 12.4 Å². The van der Waals surface area contributed by atoms with Crippen molar-refractivity contribution >= 4 is 11.8 Å². The Morgan fingerprint density at radius 2 is 1.75 bits per heavy atom. The van der Waals surface area contributed by atoms with Crippen LogP contribution in [0.15, 0.2) is 42.5 Å². The molecule has 0 unspecified atom stereocenters. The molecule has 2 amide bonds. The fourth-order valence-corrected chi connectivity index (χ4v) is 2.40. The summed E-state index contributed by atoms with van der Waals surface area (Å²) < 4.78 is 15.8. The van der Waals surface area contributed by atoms with Crippen LogP contribution in [0.3, 0.4) is 0 Å². The lowest BCUT2D eigenvalue weighted by Gasteiger charge is -2.09. The first-order valence-corrected chi connectivity index (χ1v) is 8.50. The first-order valence-electron chi connectivity index (χ1n) is 8.50.